The van der Waals surface area contributed by atoms with Crippen LogP contribution in [0.5, 0.6) is 0 Å². The minimum absolute atomic E-state index is 0.141. The quantitative estimate of drug-likeness (QED) is 0.608. The first-order valence-corrected chi connectivity index (χ1v) is 6.31. The molecule has 2 unspecified atom stereocenters. The highest BCUT2D eigenvalue weighted by Crippen LogP contribution is 2.38. The topological polar surface area (TPSA) is 63.4 Å². The average Bonchev–Trinajstić information content (AvgIpc) is 2.99. The van der Waals surface area contributed by atoms with Gasteiger partial charge in [0.05, 0.1) is 4.92 Å². The van der Waals surface area contributed by atoms with Crippen molar-refractivity contribution in [2.45, 2.75) is 25.3 Å². The summed E-state index contributed by atoms with van der Waals surface area (Å²) in [6.45, 7) is 0.636. The van der Waals surface area contributed by atoms with Crippen LogP contribution in [-0.4, -0.2) is 28.3 Å². The maximum atomic E-state index is 13.3. The molecule has 1 aromatic rings. The van der Waals surface area contributed by atoms with Crippen molar-refractivity contribution in [3.63, 3.8) is 0 Å². The summed E-state index contributed by atoms with van der Waals surface area (Å²) in [6.07, 6.45) is 3.02. The molecule has 1 saturated heterocycles. The van der Waals surface area contributed by atoms with Crippen molar-refractivity contribution in [1.29, 1.82) is 0 Å². The van der Waals surface area contributed by atoms with Crippen LogP contribution in [0.4, 0.5) is 10.1 Å². The van der Waals surface area contributed by atoms with Crippen molar-refractivity contribution in [2.24, 2.45) is 5.92 Å². The Bertz CT molecular complexity index is 561. The lowest BCUT2D eigenvalue weighted by molar-refractivity contribution is -0.385. The first-order valence-electron chi connectivity index (χ1n) is 6.31. The second-order valence-electron chi connectivity index (χ2n) is 5.21. The zero-order chi connectivity index (χ0) is 13.6. The van der Waals surface area contributed by atoms with Gasteiger partial charge in [-0.2, -0.15) is 0 Å². The van der Waals surface area contributed by atoms with Gasteiger partial charge >= 0.3 is 0 Å². The van der Waals surface area contributed by atoms with E-state index in [1.165, 1.54) is 0 Å². The van der Waals surface area contributed by atoms with Crippen molar-refractivity contribution >= 4 is 11.6 Å². The number of amides is 1. The number of nitro groups is 1. The van der Waals surface area contributed by atoms with E-state index in [4.69, 9.17) is 0 Å². The summed E-state index contributed by atoms with van der Waals surface area (Å²) in [5.41, 5.74) is -0.466. The van der Waals surface area contributed by atoms with Crippen LogP contribution in [0, 0.1) is 21.8 Å². The van der Waals surface area contributed by atoms with Gasteiger partial charge in [0.2, 0.25) is 0 Å². The predicted octanol–water partition coefficient (Wildman–Crippen LogP) is 2.36. The van der Waals surface area contributed by atoms with E-state index in [9.17, 15) is 19.3 Å². The molecule has 2 bridgehead atoms. The molecule has 1 amide bonds. The zero-order valence-electron chi connectivity index (χ0n) is 10.2. The predicted molar refractivity (Wildman–Crippen MR) is 65.2 cm³/mol. The normalized spacial score (nSPS) is 24.8. The highest BCUT2D eigenvalue weighted by Gasteiger charge is 2.41. The molecule has 19 heavy (non-hydrogen) atoms. The van der Waals surface area contributed by atoms with E-state index in [1.54, 1.807) is 4.90 Å². The lowest BCUT2D eigenvalue weighted by Gasteiger charge is -2.26. The molecular weight excluding hydrogens is 251 g/mol. The number of fused-ring (bicyclic) bond motifs is 2. The lowest BCUT2D eigenvalue weighted by Crippen LogP contribution is -2.37. The number of carbonyl (C=O) groups excluding carboxylic acids is 1. The lowest BCUT2D eigenvalue weighted by atomic mass is 10.1. The smallest absolute Gasteiger partial charge is 0.282 e. The Morgan fingerprint density at radius 3 is 2.79 bits per heavy atom. The number of halogens is 1. The molecule has 6 heteroatoms. The van der Waals surface area contributed by atoms with Crippen LogP contribution in [0.1, 0.15) is 29.6 Å². The largest absolute Gasteiger partial charge is 0.335 e. The fourth-order valence-corrected chi connectivity index (χ4v) is 3.17. The molecule has 3 rings (SSSR count). The number of hydrogen-bond acceptors (Lipinski definition) is 3. The van der Waals surface area contributed by atoms with Crippen molar-refractivity contribution in [1.82, 2.24) is 4.90 Å². The standard InChI is InChI=1S/C13H13FN2O3/c14-9-2-4-12(16(18)19)11(6-9)13(17)15-7-8-1-3-10(15)5-8/h2,4,6,8,10H,1,3,5,7H2. The number of nitro benzene ring substituents is 1. The van der Waals surface area contributed by atoms with Gasteiger partial charge in [-0.1, -0.05) is 0 Å². The number of nitrogens with zero attached hydrogens (tertiary/aromatic N) is 2. The number of carbonyl (C=O) groups is 1. The van der Waals surface area contributed by atoms with Gasteiger partial charge in [-0.05, 0) is 37.3 Å². The van der Waals surface area contributed by atoms with Gasteiger partial charge in [0, 0.05) is 18.7 Å². The van der Waals surface area contributed by atoms with Gasteiger partial charge in [0.25, 0.3) is 11.6 Å². The van der Waals surface area contributed by atoms with Crippen molar-refractivity contribution in [3.05, 3.63) is 39.7 Å². The molecule has 0 spiro atoms. The van der Waals surface area contributed by atoms with E-state index in [0.717, 1.165) is 37.5 Å². The van der Waals surface area contributed by atoms with Crippen LogP contribution < -0.4 is 0 Å². The molecule has 0 radical (unpaired) electrons. The van der Waals surface area contributed by atoms with Gasteiger partial charge in [-0.15, -0.1) is 0 Å². The highest BCUT2D eigenvalue weighted by atomic mass is 19.1. The number of piperidine rings is 1. The third-order valence-corrected chi connectivity index (χ3v) is 4.06. The Balaban J connectivity index is 1.95. The van der Waals surface area contributed by atoms with Gasteiger partial charge in [-0.25, -0.2) is 4.39 Å². The molecule has 1 aliphatic carbocycles. The Morgan fingerprint density at radius 2 is 2.21 bits per heavy atom. The summed E-state index contributed by atoms with van der Waals surface area (Å²) in [5, 5.41) is 10.9. The van der Waals surface area contributed by atoms with E-state index >= 15 is 0 Å². The van der Waals surface area contributed by atoms with Crippen LogP contribution in [0.2, 0.25) is 0 Å². The summed E-state index contributed by atoms with van der Waals surface area (Å²) in [7, 11) is 0. The summed E-state index contributed by atoms with van der Waals surface area (Å²) >= 11 is 0. The van der Waals surface area contributed by atoms with E-state index < -0.39 is 16.6 Å². The minimum Gasteiger partial charge on any atom is -0.335 e. The summed E-state index contributed by atoms with van der Waals surface area (Å²) < 4.78 is 13.3. The Kier molecular flexibility index (Phi) is 2.73. The van der Waals surface area contributed by atoms with Crippen LogP contribution in [0.3, 0.4) is 0 Å². The van der Waals surface area contributed by atoms with E-state index in [0.29, 0.717) is 12.5 Å². The molecule has 1 aliphatic heterocycles. The van der Waals surface area contributed by atoms with E-state index in [2.05, 4.69) is 0 Å². The van der Waals surface area contributed by atoms with Crippen LogP contribution in [-0.2, 0) is 0 Å². The second kappa shape index (κ2) is 4.29. The average molecular weight is 264 g/mol. The van der Waals surface area contributed by atoms with Crippen LogP contribution in [0.15, 0.2) is 18.2 Å². The molecule has 1 aromatic carbocycles. The maximum Gasteiger partial charge on any atom is 0.282 e. The first kappa shape index (κ1) is 12.1. The fraction of sp³-hybridized carbons (Fsp3) is 0.462. The number of likely N-dealkylation sites (tertiary alicyclic amines) is 1. The fourth-order valence-electron chi connectivity index (χ4n) is 3.17. The van der Waals surface area contributed by atoms with Gasteiger partial charge in [0.15, 0.2) is 0 Å². The molecule has 0 N–H and O–H groups in total. The molecule has 2 fully saturated rings. The van der Waals surface area contributed by atoms with Crippen LogP contribution in [0.25, 0.3) is 0 Å². The van der Waals surface area contributed by atoms with E-state index in [-0.39, 0.29) is 17.3 Å². The van der Waals surface area contributed by atoms with Crippen molar-refractivity contribution in [2.75, 3.05) is 6.54 Å². The van der Waals surface area contributed by atoms with Gasteiger partial charge < -0.3 is 4.90 Å². The SMILES string of the molecule is O=C(c1cc(F)ccc1[N+](=O)[O-])N1CC2CCC1C2. The number of hydrogen-bond donors (Lipinski definition) is 0. The number of benzene rings is 1. The summed E-state index contributed by atoms with van der Waals surface area (Å²) in [5.74, 6) is -0.543. The Hall–Kier alpha value is -1.98. The zero-order valence-corrected chi connectivity index (χ0v) is 10.2. The van der Waals surface area contributed by atoms with Gasteiger partial charge in [0.1, 0.15) is 11.4 Å². The van der Waals surface area contributed by atoms with Crippen LogP contribution >= 0.6 is 0 Å². The summed E-state index contributed by atoms with van der Waals surface area (Å²) in [6, 6.07) is 3.19. The molecule has 2 atom stereocenters. The molecular formula is C13H13FN2O3. The molecule has 5 nitrogen and oxygen atoms in total. The Labute approximate surface area is 109 Å². The third-order valence-electron chi connectivity index (χ3n) is 4.06. The molecule has 1 heterocycles. The van der Waals surface area contributed by atoms with Crippen molar-refractivity contribution in [3.8, 4) is 0 Å². The maximum absolute atomic E-state index is 13.3. The molecule has 2 aliphatic rings. The monoisotopic (exact) mass is 264 g/mol. The number of rotatable bonds is 2. The minimum atomic E-state index is -0.638. The Morgan fingerprint density at radius 1 is 1.42 bits per heavy atom. The molecule has 1 saturated carbocycles. The van der Waals surface area contributed by atoms with Gasteiger partial charge in [-0.3, -0.25) is 14.9 Å². The molecule has 100 valence electrons. The van der Waals surface area contributed by atoms with E-state index in [1.807, 2.05) is 0 Å². The highest BCUT2D eigenvalue weighted by molar-refractivity contribution is 5.98. The molecule has 0 aromatic heterocycles. The first-order chi connectivity index (χ1) is 9.06. The summed E-state index contributed by atoms with van der Waals surface area (Å²) in [4.78, 5) is 24.3. The van der Waals surface area contributed by atoms with Crippen molar-refractivity contribution < 1.29 is 14.1 Å². The second-order valence-corrected chi connectivity index (χ2v) is 5.21. The third kappa shape index (κ3) is 1.97.